The van der Waals surface area contributed by atoms with Gasteiger partial charge in [-0.1, -0.05) is 49.7 Å². The summed E-state index contributed by atoms with van der Waals surface area (Å²) in [5.74, 6) is -0.0709. The minimum atomic E-state index is -5.35. The van der Waals surface area contributed by atoms with Crippen LogP contribution in [0.15, 0.2) is 53.4 Å². The van der Waals surface area contributed by atoms with E-state index in [1.54, 1.807) is 0 Å². The smallest absolute Gasteiger partial charge is 0.237 e. The molecule has 1 aliphatic carbocycles. The highest BCUT2D eigenvalue weighted by Gasteiger charge is 2.46. The topological polar surface area (TPSA) is 0 Å². The van der Waals surface area contributed by atoms with Crippen molar-refractivity contribution < 1.29 is 20.4 Å². The van der Waals surface area contributed by atoms with E-state index in [-0.39, 0.29) is 24.3 Å². The van der Waals surface area contributed by atoms with Crippen LogP contribution < -0.4 is 0 Å². The molecule has 148 valence electrons. The molecule has 0 spiro atoms. The van der Waals surface area contributed by atoms with Gasteiger partial charge >= 0.3 is 0 Å². The fourth-order valence-corrected chi connectivity index (χ4v) is 4.30. The maximum Gasteiger partial charge on any atom is 0.237 e. The van der Waals surface area contributed by atoms with Crippen molar-refractivity contribution >= 4 is 11.2 Å². The molecule has 3 atom stereocenters. The Bertz CT molecular complexity index is 754. The summed E-state index contributed by atoms with van der Waals surface area (Å²) in [7, 11) is 0. The summed E-state index contributed by atoms with van der Waals surface area (Å²) >= 11 is -5.35. The second kappa shape index (κ2) is 7.82. The summed E-state index contributed by atoms with van der Waals surface area (Å²) in [6.45, 7) is 2.10. The first-order chi connectivity index (χ1) is 12.7. The monoisotopic (exact) mass is 402 g/mol. The number of benzene rings is 2. The molecular weight excluding hydrogens is 379 g/mol. The molecule has 2 aromatic carbocycles. The fourth-order valence-electron chi connectivity index (χ4n) is 3.85. The van der Waals surface area contributed by atoms with E-state index >= 15 is 4.39 Å². The summed E-state index contributed by atoms with van der Waals surface area (Å²) in [5.41, 5.74) is -0.00623. The maximum absolute atomic E-state index is 15.3. The van der Waals surface area contributed by atoms with E-state index in [9.17, 15) is 16.0 Å². The first-order valence-electron chi connectivity index (χ1n) is 9.18. The van der Waals surface area contributed by atoms with E-state index in [0.717, 1.165) is 42.7 Å². The van der Waals surface area contributed by atoms with Crippen LogP contribution in [0, 0.1) is 0 Å². The zero-order chi connectivity index (χ0) is 19.7. The lowest BCUT2D eigenvalue weighted by atomic mass is 9.73. The van der Waals surface area contributed by atoms with Gasteiger partial charge in [-0.25, -0.2) is 8.78 Å². The van der Waals surface area contributed by atoms with Gasteiger partial charge in [0.1, 0.15) is 6.17 Å². The quantitative estimate of drug-likeness (QED) is 0.446. The average molecular weight is 402 g/mol. The standard InChI is InChI=1S/C21H23F5S/c1-2-3-15-4-6-16(7-5-15)17-12-13-21(23,20(22)14-17)18-8-10-19(11-9-18)27(24,25)26/h4-11,17,20H,2-3,12-14H2,1H3. The molecule has 1 saturated carbocycles. The molecule has 6 heteroatoms. The zero-order valence-corrected chi connectivity index (χ0v) is 15.9. The molecule has 1 aliphatic rings. The number of hydrogen-bond donors (Lipinski definition) is 0. The third kappa shape index (κ3) is 4.31. The van der Waals surface area contributed by atoms with Crippen LogP contribution in [0.3, 0.4) is 0 Å². The summed E-state index contributed by atoms with van der Waals surface area (Å²) in [4.78, 5) is -0.772. The van der Waals surface area contributed by atoms with Crippen LogP contribution in [0.2, 0.25) is 0 Å². The number of alkyl halides is 2. The molecule has 0 amide bonds. The van der Waals surface area contributed by atoms with Gasteiger partial charge in [-0.15, -0.1) is 11.7 Å². The second-order valence-corrected chi connectivity index (χ2v) is 8.51. The highest BCUT2D eigenvalue weighted by atomic mass is 32.3. The summed E-state index contributed by atoms with van der Waals surface area (Å²) in [6, 6.07) is 11.9. The zero-order valence-electron chi connectivity index (χ0n) is 15.1. The molecule has 0 aliphatic heterocycles. The van der Waals surface area contributed by atoms with Crippen LogP contribution in [0.5, 0.6) is 0 Å². The lowest BCUT2D eigenvalue weighted by Crippen LogP contribution is -2.38. The van der Waals surface area contributed by atoms with Gasteiger partial charge in [0.2, 0.25) is 11.2 Å². The van der Waals surface area contributed by atoms with Crippen LogP contribution in [0.25, 0.3) is 0 Å². The number of hydrogen-bond acceptors (Lipinski definition) is 0. The van der Waals surface area contributed by atoms with Crippen molar-refractivity contribution in [1.82, 2.24) is 0 Å². The Kier molecular flexibility index (Phi) is 5.84. The van der Waals surface area contributed by atoms with Crippen molar-refractivity contribution in [2.24, 2.45) is 0 Å². The van der Waals surface area contributed by atoms with E-state index in [4.69, 9.17) is 0 Å². The van der Waals surface area contributed by atoms with Crippen LogP contribution in [-0.2, 0) is 12.1 Å². The summed E-state index contributed by atoms with van der Waals surface area (Å²) < 4.78 is 68.4. The Balaban J connectivity index is 1.73. The van der Waals surface area contributed by atoms with E-state index in [1.807, 2.05) is 24.3 Å². The Labute approximate surface area is 159 Å². The van der Waals surface area contributed by atoms with E-state index < -0.39 is 27.9 Å². The van der Waals surface area contributed by atoms with Gasteiger partial charge in [0, 0.05) is 0 Å². The van der Waals surface area contributed by atoms with Gasteiger partial charge < -0.3 is 0 Å². The minimum Gasteiger partial charge on any atom is -0.244 e. The van der Waals surface area contributed by atoms with E-state index in [0.29, 0.717) is 6.42 Å². The Morgan fingerprint density at radius 1 is 1.00 bits per heavy atom. The van der Waals surface area contributed by atoms with Gasteiger partial charge in [0.25, 0.3) is 0 Å². The molecule has 1 fully saturated rings. The molecule has 0 bridgehead atoms. The first kappa shape index (κ1) is 20.2. The van der Waals surface area contributed by atoms with Crippen molar-refractivity contribution in [3.63, 3.8) is 0 Å². The molecular formula is C21H23F5S. The lowest BCUT2D eigenvalue weighted by molar-refractivity contribution is 0.00118. The SMILES string of the molecule is CCCc1ccc(C2CCC(F)(c3ccc(S(F)(F)F)cc3)C(F)C2)cc1. The Morgan fingerprint density at radius 2 is 1.63 bits per heavy atom. The lowest BCUT2D eigenvalue weighted by Gasteiger charge is -2.37. The highest BCUT2D eigenvalue weighted by Crippen LogP contribution is 2.60. The van der Waals surface area contributed by atoms with Crippen LogP contribution in [0.4, 0.5) is 20.4 Å². The molecule has 3 rings (SSSR count). The largest absolute Gasteiger partial charge is 0.244 e. The van der Waals surface area contributed by atoms with Crippen molar-refractivity contribution in [2.45, 2.75) is 61.7 Å². The third-order valence-corrected chi connectivity index (χ3v) is 6.24. The Morgan fingerprint density at radius 3 is 2.15 bits per heavy atom. The number of halogens is 5. The molecule has 0 saturated heterocycles. The van der Waals surface area contributed by atoms with Gasteiger partial charge in [-0.3, -0.25) is 0 Å². The molecule has 3 unspecified atom stereocenters. The van der Waals surface area contributed by atoms with Crippen LogP contribution in [0.1, 0.15) is 55.2 Å². The summed E-state index contributed by atoms with van der Waals surface area (Å²) in [5, 5.41) is 0. The van der Waals surface area contributed by atoms with Crippen LogP contribution in [-0.4, -0.2) is 6.17 Å². The predicted molar refractivity (Wildman–Crippen MR) is 100 cm³/mol. The van der Waals surface area contributed by atoms with Gasteiger partial charge in [-0.2, -0.15) is 0 Å². The normalized spacial score (nSPS) is 26.7. The van der Waals surface area contributed by atoms with Gasteiger partial charge in [-0.05, 0) is 60.4 Å². The van der Waals surface area contributed by atoms with Crippen molar-refractivity contribution in [2.75, 3.05) is 0 Å². The third-order valence-electron chi connectivity index (χ3n) is 5.44. The van der Waals surface area contributed by atoms with E-state index in [1.165, 1.54) is 5.56 Å². The molecule has 0 N–H and O–H groups in total. The molecule has 0 heterocycles. The van der Waals surface area contributed by atoms with Gasteiger partial charge in [0.05, 0.1) is 4.90 Å². The number of aryl methyl sites for hydroxylation is 1. The van der Waals surface area contributed by atoms with Crippen molar-refractivity contribution in [3.05, 3.63) is 65.2 Å². The molecule has 0 radical (unpaired) electrons. The number of rotatable bonds is 5. The van der Waals surface area contributed by atoms with Crippen LogP contribution >= 0.6 is 11.2 Å². The maximum atomic E-state index is 15.3. The molecule has 0 aromatic heterocycles. The van der Waals surface area contributed by atoms with Crippen molar-refractivity contribution in [1.29, 1.82) is 0 Å². The molecule has 0 nitrogen and oxygen atoms in total. The second-order valence-electron chi connectivity index (χ2n) is 7.22. The Hall–Kier alpha value is -1.56. The summed E-state index contributed by atoms with van der Waals surface area (Å²) in [6.07, 6.45) is 0.768. The van der Waals surface area contributed by atoms with E-state index in [2.05, 4.69) is 6.92 Å². The average Bonchev–Trinajstić information content (AvgIpc) is 2.64. The minimum absolute atomic E-state index is 0.000793. The van der Waals surface area contributed by atoms with Gasteiger partial charge in [0.15, 0.2) is 5.67 Å². The highest BCUT2D eigenvalue weighted by molar-refractivity contribution is 8.20. The van der Waals surface area contributed by atoms with Crippen molar-refractivity contribution in [3.8, 4) is 0 Å². The fraction of sp³-hybridized carbons (Fsp3) is 0.429. The predicted octanol–water partition coefficient (Wildman–Crippen LogP) is 7.93. The molecule has 27 heavy (non-hydrogen) atoms. The molecule has 2 aromatic rings. The first-order valence-corrected chi connectivity index (χ1v) is 10.5.